The summed E-state index contributed by atoms with van der Waals surface area (Å²) in [6.45, 7) is 12.8. The number of nitrogens with one attached hydrogen (secondary N) is 1. The average molecular weight is 288 g/mol. The Bertz CT molecular complexity index is 401. The van der Waals surface area contributed by atoms with Crippen molar-refractivity contribution in [2.24, 2.45) is 11.8 Å². The van der Waals surface area contributed by atoms with E-state index in [-0.39, 0.29) is 0 Å². The van der Waals surface area contributed by atoms with E-state index in [4.69, 9.17) is 0 Å². The van der Waals surface area contributed by atoms with Crippen LogP contribution in [0.3, 0.4) is 0 Å². The van der Waals surface area contributed by atoms with Gasteiger partial charge in [-0.2, -0.15) is 0 Å². The molecule has 3 atom stereocenters. The maximum Gasteiger partial charge on any atom is 0.0477 e. The molecule has 1 heterocycles. The van der Waals surface area contributed by atoms with Crippen molar-refractivity contribution >= 4 is 0 Å². The molecule has 1 fully saturated rings. The van der Waals surface area contributed by atoms with Gasteiger partial charge in [0.15, 0.2) is 0 Å². The van der Waals surface area contributed by atoms with Gasteiger partial charge in [-0.1, -0.05) is 58.0 Å². The Kier molecular flexibility index (Phi) is 6.25. The van der Waals surface area contributed by atoms with Gasteiger partial charge in [0.05, 0.1) is 0 Å². The van der Waals surface area contributed by atoms with Crippen LogP contribution in [0.15, 0.2) is 30.3 Å². The first-order chi connectivity index (χ1) is 10.2. The van der Waals surface area contributed by atoms with Gasteiger partial charge in [-0.05, 0) is 43.3 Å². The molecule has 2 heteroatoms. The van der Waals surface area contributed by atoms with Gasteiger partial charge in [-0.25, -0.2) is 0 Å². The lowest BCUT2D eigenvalue weighted by atomic mass is 9.94. The molecular weight excluding hydrogens is 256 g/mol. The van der Waals surface area contributed by atoms with Crippen molar-refractivity contribution in [2.75, 3.05) is 19.6 Å². The molecule has 1 aromatic rings. The van der Waals surface area contributed by atoms with E-state index in [9.17, 15) is 0 Å². The van der Waals surface area contributed by atoms with Gasteiger partial charge in [-0.15, -0.1) is 0 Å². The zero-order chi connectivity index (χ0) is 15.2. The number of likely N-dealkylation sites (N-methyl/N-ethyl adjacent to an activating group) is 1. The molecule has 0 saturated carbocycles. The molecule has 1 aliphatic heterocycles. The summed E-state index contributed by atoms with van der Waals surface area (Å²) in [4.78, 5) is 2.73. The molecule has 2 rings (SSSR count). The van der Waals surface area contributed by atoms with Crippen LogP contribution >= 0.6 is 0 Å². The number of hydrogen-bond donors (Lipinski definition) is 1. The van der Waals surface area contributed by atoms with E-state index in [1.54, 1.807) is 0 Å². The molecule has 0 bridgehead atoms. The van der Waals surface area contributed by atoms with Gasteiger partial charge in [0, 0.05) is 18.6 Å². The maximum absolute atomic E-state index is 3.73. The van der Waals surface area contributed by atoms with Crippen molar-refractivity contribution < 1.29 is 0 Å². The van der Waals surface area contributed by atoms with E-state index >= 15 is 0 Å². The first-order valence-corrected chi connectivity index (χ1v) is 8.69. The Morgan fingerprint density at radius 3 is 2.43 bits per heavy atom. The first kappa shape index (κ1) is 16.5. The van der Waals surface area contributed by atoms with Crippen LogP contribution in [0.25, 0.3) is 0 Å². The van der Waals surface area contributed by atoms with E-state index in [1.165, 1.54) is 31.5 Å². The van der Waals surface area contributed by atoms with Crippen LogP contribution in [0.1, 0.15) is 52.1 Å². The highest BCUT2D eigenvalue weighted by atomic mass is 15.2. The normalized spacial score (nSPS) is 22.6. The lowest BCUT2D eigenvalue weighted by Crippen LogP contribution is -2.43. The minimum Gasteiger partial charge on any atom is -0.309 e. The van der Waals surface area contributed by atoms with E-state index in [2.05, 4.69) is 68.2 Å². The number of likely N-dealkylation sites (tertiary alicyclic amines) is 1. The molecule has 118 valence electrons. The predicted octanol–water partition coefficient (Wildman–Crippen LogP) is 4.09. The van der Waals surface area contributed by atoms with Gasteiger partial charge in [0.25, 0.3) is 0 Å². The second-order valence-corrected chi connectivity index (χ2v) is 6.71. The monoisotopic (exact) mass is 288 g/mol. The molecule has 0 amide bonds. The Morgan fingerprint density at radius 1 is 1.19 bits per heavy atom. The van der Waals surface area contributed by atoms with Crippen molar-refractivity contribution in [3.63, 3.8) is 0 Å². The molecule has 0 aromatic heterocycles. The number of rotatable bonds is 7. The fourth-order valence-corrected chi connectivity index (χ4v) is 3.72. The summed E-state index contributed by atoms with van der Waals surface area (Å²) in [5.74, 6) is 1.68. The highest BCUT2D eigenvalue weighted by molar-refractivity contribution is 5.21. The summed E-state index contributed by atoms with van der Waals surface area (Å²) < 4.78 is 0. The molecule has 3 unspecified atom stereocenters. The number of benzene rings is 1. The Labute approximate surface area is 130 Å². The third-order valence-corrected chi connectivity index (χ3v) is 5.05. The third kappa shape index (κ3) is 4.08. The predicted molar refractivity (Wildman–Crippen MR) is 91.5 cm³/mol. The number of nitrogens with zero attached hydrogens (tertiary/aromatic N) is 1. The van der Waals surface area contributed by atoms with E-state index in [0.29, 0.717) is 12.1 Å². The lowest BCUT2D eigenvalue weighted by Gasteiger charge is -2.35. The molecule has 1 N–H and O–H groups in total. The summed E-state index contributed by atoms with van der Waals surface area (Å²) in [5.41, 5.74) is 1.43. The van der Waals surface area contributed by atoms with Crippen LogP contribution < -0.4 is 5.32 Å². The van der Waals surface area contributed by atoms with Crippen LogP contribution in [-0.4, -0.2) is 30.6 Å². The molecule has 1 aromatic carbocycles. The van der Waals surface area contributed by atoms with Gasteiger partial charge >= 0.3 is 0 Å². The summed E-state index contributed by atoms with van der Waals surface area (Å²) in [5, 5.41) is 3.73. The summed E-state index contributed by atoms with van der Waals surface area (Å²) in [6, 6.07) is 12.0. The zero-order valence-electron chi connectivity index (χ0n) is 14.2. The molecule has 1 saturated heterocycles. The highest BCUT2D eigenvalue weighted by Crippen LogP contribution is 2.31. The van der Waals surface area contributed by atoms with Crippen LogP contribution in [0.2, 0.25) is 0 Å². The minimum atomic E-state index is 0.451. The summed E-state index contributed by atoms with van der Waals surface area (Å²) in [7, 11) is 0. The summed E-state index contributed by atoms with van der Waals surface area (Å²) in [6.07, 6.45) is 2.57. The quantitative estimate of drug-likeness (QED) is 0.813. The molecular formula is C19H32N2. The highest BCUT2D eigenvalue weighted by Gasteiger charge is 2.33. The van der Waals surface area contributed by atoms with Crippen LogP contribution in [0.4, 0.5) is 0 Å². The second-order valence-electron chi connectivity index (χ2n) is 6.71. The molecule has 0 aliphatic carbocycles. The van der Waals surface area contributed by atoms with Gasteiger partial charge in [-0.3, -0.25) is 4.90 Å². The van der Waals surface area contributed by atoms with Gasteiger partial charge < -0.3 is 5.32 Å². The Hall–Kier alpha value is -0.860. The average Bonchev–Trinajstić information content (AvgIpc) is 2.98. The topological polar surface area (TPSA) is 15.3 Å². The number of hydrogen-bond acceptors (Lipinski definition) is 2. The molecule has 0 radical (unpaired) electrons. The van der Waals surface area contributed by atoms with Crippen LogP contribution in [0.5, 0.6) is 0 Å². The SMILES string of the molecule is CCNC(c1ccccc1)C(CC)N1CCC(C(C)C)C1. The summed E-state index contributed by atoms with van der Waals surface area (Å²) >= 11 is 0. The molecule has 0 spiro atoms. The van der Waals surface area contributed by atoms with E-state index in [1.807, 2.05) is 0 Å². The zero-order valence-corrected chi connectivity index (χ0v) is 14.2. The largest absolute Gasteiger partial charge is 0.309 e. The fourth-order valence-electron chi connectivity index (χ4n) is 3.72. The van der Waals surface area contributed by atoms with Crippen molar-refractivity contribution in [1.82, 2.24) is 10.2 Å². The fraction of sp³-hybridized carbons (Fsp3) is 0.684. The van der Waals surface area contributed by atoms with Crippen molar-refractivity contribution in [2.45, 2.75) is 52.6 Å². The molecule has 21 heavy (non-hydrogen) atoms. The van der Waals surface area contributed by atoms with Gasteiger partial charge in [0.1, 0.15) is 0 Å². The second kappa shape index (κ2) is 7.95. The van der Waals surface area contributed by atoms with E-state index < -0.39 is 0 Å². The van der Waals surface area contributed by atoms with Crippen molar-refractivity contribution in [3.8, 4) is 0 Å². The maximum atomic E-state index is 3.73. The lowest BCUT2D eigenvalue weighted by molar-refractivity contribution is 0.175. The van der Waals surface area contributed by atoms with Crippen molar-refractivity contribution in [1.29, 1.82) is 0 Å². The standard InChI is InChI=1S/C19H32N2/c1-5-18(21-13-12-17(14-21)15(3)4)19(20-6-2)16-10-8-7-9-11-16/h7-11,15,17-20H,5-6,12-14H2,1-4H3. The van der Waals surface area contributed by atoms with Crippen molar-refractivity contribution in [3.05, 3.63) is 35.9 Å². The smallest absolute Gasteiger partial charge is 0.0477 e. The van der Waals surface area contributed by atoms with Crippen LogP contribution in [0, 0.1) is 11.8 Å². The van der Waals surface area contributed by atoms with Crippen LogP contribution in [-0.2, 0) is 0 Å². The van der Waals surface area contributed by atoms with Gasteiger partial charge in [0.2, 0.25) is 0 Å². The third-order valence-electron chi connectivity index (χ3n) is 5.05. The molecule has 2 nitrogen and oxygen atoms in total. The Balaban J connectivity index is 2.13. The Morgan fingerprint density at radius 2 is 1.90 bits per heavy atom. The van der Waals surface area contributed by atoms with E-state index in [0.717, 1.165) is 18.4 Å². The minimum absolute atomic E-state index is 0.451. The molecule has 1 aliphatic rings. The first-order valence-electron chi connectivity index (χ1n) is 8.69.